The van der Waals surface area contributed by atoms with Crippen LogP contribution in [0.1, 0.15) is 22.6 Å². The van der Waals surface area contributed by atoms with Gasteiger partial charge in [0.05, 0.1) is 14.2 Å². The Morgan fingerprint density at radius 3 is 2.41 bits per heavy atom. The van der Waals surface area contributed by atoms with Crippen molar-refractivity contribution in [1.29, 1.82) is 0 Å². The van der Waals surface area contributed by atoms with E-state index < -0.39 is 0 Å². The van der Waals surface area contributed by atoms with Gasteiger partial charge in [0.25, 0.3) is 0 Å². The van der Waals surface area contributed by atoms with Gasteiger partial charge < -0.3 is 25.0 Å². The summed E-state index contributed by atoms with van der Waals surface area (Å²) in [5.41, 5.74) is 3.22. The lowest BCUT2D eigenvalue weighted by Gasteiger charge is -2.28. The van der Waals surface area contributed by atoms with Gasteiger partial charge in [-0.1, -0.05) is 6.07 Å². The van der Waals surface area contributed by atoms with Crippen LogP contribution >= 0.6 is 0 Å². The molecule has 2 aromatic carbocycles. The van der Waals surface area contributed by atoms with Crippen molar-refractivity contribution in [3.63, 3.8) is 0 Å². The van der Waals surface area contributed by atoms with E-state index in [-0.39, 0.29) is 17.4 Å². The fourth-order valence-corrected chi connectivity index (χ4v) is 2.93. The first-order valence-corrected chi connectivity index (χ1v) is 7.11. The molecule has 0 amide bonds. The van der Waals surface area contributed by atoms with Gasteiger partial charge in [0.15, 0.2) is 23.0 Å². The van der Waals surface area contributed by atoms with Gasteiger partial charge in [-0.15, -0.1) is 0 Å². The number of hydrogen-bond acceptors (Lipinski definition) is 5. The van der Waals surface area contributed by atoms with Crippen LogP contribution in [0.2, 0.25) is 0 Å². The summed E-state index contributed by atoms with van der Waals surface area (Å²) >= 11 is 0. The number of hydrogen-bond donors (Lipinski definition) is 3. The van der Waals surface area contributed by atoms with Gasteiger partial charge in [-0.05, 0) is 41.0 Å². The SMILES string of the molecule is COc1cc2c(cc1OC)C(c1ccc(O)c(O)c1)CNC2. The Kier molecular flexibility index (Phi) is 3.81. The Bertz CT molecular complexity index is 699. The summed E-state index contributed by atoms with van der Waals surface area (Å²) in [6.07, 6.45) is 0. The minimum absolute atomic E-state index is 0.0788. The number of phenolic OH excluding ortho intramolecular Hbond substituents is 2. The minimum atomic E-state index is -0.111. The average molecular weight is 301 g/mol. The van der Waals surface area contributed by atoms with Crippen molar-refractivity contribution < 1.29 is 19.7 Å². The largest absolute Gasteiger partial charge is 0.504 e. The predicted molar refractivity (Wildman–Crippen MR) is 82.9 cm³/mol. The first kappa shape index (κ1) is 14.5. The third-order valence-electron chi connectivity index (χ3n) is 4.09. The number of ether oxygens (including phenoxy) is 2. The lowest BCUT2D eigenvalue weighted by molar-refractivity contribution is 0.353. The summed E-state index contributed by atoms with van der Waals surface area (Å²) in [4.78, 5) is 0. The summed E-state index contributed by atoms with van der Waals surface area (Å²) in [5.74, 6) is 1.26. The Balaban J connectivity index is 2.08. The van der Waals surface area contributed by atoms with E-state index >= 15 is 0 Å². The van der Waals surface area contributed by atoms with Crippen molar-refractivity contribution in [2.45, 2.75) is 12.5 Å². The van der Waals surface area contributed by atoms with Gasteiger partial charge in [0.2, 0.25) is 0 Å². The van der Waals surface area contributed by atoms with E-state index in [1.807, 2.05) is 18.2 Å². The van der Waals surface area contributed by atoms with Crippen LogP contribution in [0.25, 0.3) is 0 Å². The molecule has 0 fully saturated rings. The number of rotatable bonds is 3. The second-order valence-electron chi connectivity index (χ2n) is 5.34. The summed E-state index contributed by atoms with van der Waals surface area (Å²) in [6, 6.07) is 8.91. The maximum atomic E-state index is 9.75. The standard InChI is InChI=1S/C17H19NO4/c1-21-16-6-11-8-18-9-13(12(11)7-17(16)22-2)10-3-4-14(19)15(20)5-10/h3-7,13,18-20H,8-9H2,1-2H3. The number of methoxy groups -OCH3 is 2. The monoisotopic (exact) mass is 301 g/mol. The summed E-state index contributed by atoms with van der Waals surface area (Å²) in [6.45, 7) is 1.52. The van der Waals surface area contributed by atoms with Gasteiger partial charge in [-0.2, -0.15) is 0 Å². The van der Waals surface area contributed by atoms with Crippen molar-refractivity contribution in [2.24, 2.45) is 0 Å². The Hall–Kier alpha value is -2.40. The molecule has 5 heteroatoms. The van der Waals surface area contributed by atoms with Crippen molar-refractivity contribution >= 4 is 0 Å². The van der Waals surface area contributed by atoms with Crippen molar-refractivity contribution in [3.8, 4) is 23.0 Å². The number of benzene rings is 2. The molecule has 0 bridgehead atoms. The van der Waals surface area contributed by atoms with Crippen LogP contribution in [0.4, 0.5) is 0 Å². The summed E-state index contributed by atoms with van der Waals surface area (Å²) in [5, 5.41) is 22.6. The Labute approximate surface area is 129 Å². The lowest BCUT2D eigenvalue weighted by Crippen LogP contribution is -2.28. The van der Waals surface area contributed by atoms with Crippen molar-refractivity contribution in [3.05, 3.63) is 47.0 Å². The van der Waals surface area contributed by atoms with Crippen LogP contribution in [-0.2, 0) is 6.54 Å². The summed E-state index contributed by atoms with van der Waals surface area (Å²) < 4.78 is 10.7. The van der Waals surface area contributed by atoms with Crippen LogP contribution < -0.4 is 14.8 Å². The van der Waals surface area contributed by atoms with E-state index in [1.54, 1.807) is 20.3 Å². The zero-order chi connectivity index (χ0) is 15.7. The zero-order valence-corrected chi connectivity index (χ0v) is 12.6. The molecule has 1 atom stereocenters. The van der Waals surface area contributed by atoms with E-state index in [0.29, 0.717) is 11.5 Å². The molecule has 1 heterocycles. The quantitative estimate of drug-likeness (QED) is 0.759. The maximum Gasteiger partial charge on any atom is 0.161 e. The maximum absolute atomic E-state index is 9.75. The molecule has 0 aromatic heterocycles. The second-order valence-corrected chi connectivity index (χ2v) is 5.34. The van der Waals surface area contributed by atoms with Crippen LogP contribution in [0.15, 0.2) is 30.3 Å². The topological polar surface area (TPSA) is 71.0 Å². The number of aromatic hydroxyl groups is 2. The van der Waals surface area contributed by atoms with Crippen LogP contribution in [-0.4, -0.2) is 31.0 Å². The van der Waals surface area contributed by atoms with Gasteiger partial charge in [-0.3, -0.25) is 0 Å². The van der Waals surface area contributed by atoms with Gasteiger partial charge in [-0.25, -0.2) is 0 Å². The fourth-order valence-electron chi connectivity index (χ4n) is 2.93. The highest BCUT2D eigenvalue weighted by atomic mass is 16.5. The van der Waals surface area contributed by atoms with Crippen molar-refractivity contribution in [1.82, 2.24) is 5.32 Å². The van der Waals surface area contributed by atoms with Crippen LogP contribution in [0.5, 0.6) is 23.0 Å². The number of phenols is 2. The molecule has 0 saturated carbocycles. The molecule has 1 aliphatic heterocycles. The molecule has 0 aliphatic carbocycles. The molecule has 3 rings (SSSR count). The van der Waals surface area contributed by atoms with E-state index in [2.05, 4.69) is 5.32 Å². The molecular weight excluding hydrogens is 282 g/mol. The lowest BCUT2D eigenvalue weighted by atomic mass is 9.85. The first-order valence-electron chi connectivity index (χ1n) is 7.11. The fraction of sp³-hybridized carbons (Fsp3) is 0.294. The summed E-state index contributed by atoms with van der Waals surface area (Å²) in [7, 11) is 3.24. The van der Waals surface area contributed by atoms with Gasteiger partial charge in [0, 0.05) is 19.0 Å². The zero-order valence-electron chi connectivity index (χ0n) is 12.6. The van der Waals surface area contributed by atoms with E-state index in [9.17, 15) is 10.2 Å². The highest BCUT2D eigenvalue weighted by molar-refractivity contribution is 5.53. The van der Waals surface area contributed by atoms with Gasteiger partial charge in [0.1, 0.15) is 0 Å². The molecule has 0 saturated heterocycles. The molecule has 22 heavy (non-hydrogen) atoms. The normalized spacial score (nSPS) is 16.9. The minimum Gasteiger partial charge on any atom is -0.504 e. The smallest absolute Gasteiger partial charge is 0.161 e. The van der Waals surface area contributed by atoms with Crippen LogP contribution in [0, 0.1) is 0 Å². The van der Waals surface area contributed by atoms with Gasteiger partial charge >= 0.3 is 0 Å². The van der Waals surface area contributed by atoms with E-state index in [0.717, 1.165) is 29.8 Å². The highest BCUT2D eigenvalue weighted by Crippen LogP contribution is 2.39. The Morgan fingerprint density at radius 1 is 1.00 bits per heavy atom. The molecule has 2 aromatic rings. The Morgan fingerprint density at radius 2 is 1.73 bits per heavy atom. The van der Waals surface area contributed by atoms with Crippen molar-refractivity contribution in [2.75, 3.05) is 20.8 Å². The number of nitrogens with one attached hydrogen (secondary N) is 1. The van der Waals surface area contributed by atoms with E-state index in [1.165, 1.54) is 6.07 Å². The third-order valence-corrected chi connectivity index (χ3v) is 4.09. The average Bonchev–Trinajstić information content (AvgIpc) is 2.55. The third kappa shape index (κ3) is 2.44. The predicted octanol–water partition coefficient (Wildman–Crippen LogP) is 2.35. The second kappa shape index (κ2) is 5.77. The highest BCUT2D eigenvalue weighted by Gasteiger charge is 2.24. The molecular formula is C17H19NO4. The molecule has 0 radical (unpaired) electrons. The van der Waals surface area contributed by atoms with Crippen LogP contribution in [0.3, 0.4) is 0 Å². The molecule has 5 nitrogen and oxygen atoms in total. The molecule has 1 aliphatic rings. The molecule has 1 unspecified atom stereocenters. The molecule has 3 N–H and O–H groups in total. The first-order chi connectivity index (χ1) is 10.6. The van der Waals surface area contributed by atoms with E-state index in [4.69, 9.17) is 9.47 Å². The molecule has 0 spiro atoms. The molecule has 116 valence electrons. The number of fused-ring (bicyclic) bond motifs is 1.